The van der Waals surface area contributed by atoms with Crippen LogP contribution in [0.25, 0.3) is 16.8 Å². The van der Waals surface area contributed by atoms with E-state index in [0.29, 0.717) is 33.7 Å². The molecule has 0 spiro atoms. The molecule has 1 atom stereocenters. The van der Waals surface area contributed by atoms with E-state index in [-0.39, 0.29) is 23.6 Å². The number of nitriles is 1. The van der Waals surface area contributed by atoms with Crippen molar-refractivity contribution >= 4 is 5.65 Å². The Morgan fingerprint density at radius 3 is 2.49 bits per heavy atom. The smallest absolute Gasteiger partial charge is 0.364 e. The van der Waals surface area contributed by atoms with Gasteiger partial charge in [-0.1, -0.05) is 30.8 Å². The average Bonchev–Trinajstić information content (AvgIpc) is 2.98. The number of nitrogens with zero attached hydrogens (tertiary/aromatic N) is 5. The SMILES string of the molecule is C=C(Cc1ccc(F)c(C(F)(F)F)c1)N(C1CCN(C)CC1)C(C)c1nc2ccccn2c(=O)c1-c1ccc(C#N)cc1. The van der Waals surface area contributed by atoms with Crippen LogP contribution in [0.15, 0.2) is 83.9 Å². The first kappa shape index (κ1) is 30.0. The maximum absolute atomic E-state index is 14.0. The van der Waals surface area contributed by atoms with Crippen molar-refractivity contribution in [3.8, 4) is 17.2 Å². The van der Waals surface area contributed by atoms with Gasteiger partial charge in [-0.05, 0) is 87.4 Å². The third-order valence-corrected chi connectivity index (χ3v) is 8.07. The standard InChI is InChI=1S/C33H31F4N5O/c1-21(18-24-9-12-28(34)27(19-24)33(35,36)37)42(26-13-16-40(3)17-14-26)22(2)31-30(25-10-7-23(20-38)8-11-25)32(43)41-15-5-4-6-29(41)39-31/h4-12,15,19,22,26H,1,13-14,16-18H2,2-3H3. The van der Waals surface area contributed by atoms with Gasteiger partial charge in [0, 0.05) is 24.4 Å². The molecule has 0 radical (unpaired) electrons. The lowest BCUT2D eigenvalue weighted by molar-refractivity contribution is -0.140. The van der Waals surface area contributed by atoms with E-state index in [1.807, 2.05) is 14.0 Å². The van der Waals surface area contributed by atoms with Crippen molar-refractivity contribution in [2.75, 3.05) is 20.1 Å². The molecule has 6 nitrogen and oxygen atoms in total. The Balaban J connectivity index is 1.62. The van der Waals surface area contributed by atoms with Crippen LogP contribution in [0.3, 0.4) is 0 Å². The van der Waals surface area contributed by atoms with Crippen LogP contribution in [0, 0.1) is 17.1 Å². The van der Waals surface area contributed by atoms with Crippen molar-refractivity contribution in [1.29, 1.82) is 5.26 Å². The minimum atomic E-state index is -4.82. The number of hydrogen-bond donors (Lipinski definition) is 0. The van der Waals surface area contributed by atoms with E-state index in [4.69, 9.17) is 4.98 Å². The number of pyridine rings is 1. The molecule has 5 rings (SSSR count). The highest BCUT2D eigenvalue weighted by Crippen LogP contribution is 2.36. The van der Waals surface area contributed by atoms with Crippen LogP contribution < -0.4 is 5.56 Å². The van der Waals surface area contributed by atoms with Crippen LogP contribution in [0.1, 0.15) is 48.2 Å². The van der Waals surface area contributed by atoms with Gasteiger partial charge in [-0.15, -0.1) is 0 Å². The normalized spacial score (nSPS) is 15.3. The van der Waals surface area contributed by atoms with Gasteiger partial charge in [0.25, 0.3) is 5.56 Å². The fourth-order valence-electron chi connectivity index (χ4n) is 5.87. The molecule has 4 aromatic rings. The lowest BCUT2D eigenvalue weighted by atomic mass is 9.94. The van der Waals surface area contributed by atoms with E-state index in [0.717, 1.165) is 38.1 Å². The molecular formula is C33H31F4N5O. The first-order valence-electron chi connectivity index (χ1n) is 14.0. The van der Waals surface area contributed by atoms with Crippen LogP contribution in [0.4, 0.5) is 17.6 Å². The van der Waals surface area contributed by atoms with Gasteiger partial charge >= 0.3 is 6.18 Å². The van der Waals surface area contributed by atoms with Gasteiger partial charge in [0.05, 0.1) is 34.5 Å². The molecule has 1 aliphatic heterocycles. The first-order chi connectivity index (χ1) is 20.5. The zero-order valence-corrected chi connectivity index (χ0v) is 23.9. The third kappa shape index (κ3) is 6.18. The van der Waals surface area contributed by atoms with Crippen LogP contribution in [0.2, 0.25) is 0 Å². The summed E-state index contributed by atoms with van der Waals surface area (Å²) in [5.74, 6) is -1.32. The Morgan fingerprint density at radius 1 is 1.14 bits per heavy atom. The van der Waals surface area contributed by atoms with E-state index in [1.54, 1.807) is 48.7 Å². The molecule has 0 amide bonds. The van der Waals surface area contributed by atoms with Gasteiger partial charge in [0.15, 0.2) is 0 Å². The molecule has 0 aliphatic carbocycles. The maximum Gasteiger partial charge on any atom is 0.419 e. The number of aromatic nitrogens is 2. The Bertz CT molecular complexity index is 1750. The quantitative estimate of drug-likeness (QED) is 0.227. The summed E-state index contributed by atoms with van der Waals surface area (Å²) in [5, 5.41) is 9.30. The van der Waals surface area contributed by atoms with Crippen molar-refractivity contribution < 1.29 is 17.6 Å². The Hall–Kier alpha value is -4.49. The summed E-state index contributed by atoms with van der Waals surface area (Å²) < 4.78 is 56.0. The van der Waals surface area contributed by atoms with Crippen molar-refractivity contribution in [2.24, 2.45) is 0 Å². The second kappa shape index (κ2) is 12.0. The summed E-state index contributed by atoms with van der Waals surface area (Å²) in [4.78, 5) is 23.2. The van der Waals surface area contributed by atoms with Crippen molar-refractivity contribution in [3.63, 3.8) is 0 Å². The average molecular weight is 590 g/mol. The van der Waals surface area contributed by atoms with E-state index < -0.39 is 23.6 Å². The number of rotatable bonds is 7. The molecule has 2 aromatic heterocycles. The van der Waals surface area contributed by atoms with Gasteiger partial charge in [0.1, 0.15) is 11.5 Å². The number of hydrogen-bond acceptors (Lipinski definition) is 5. The Labute approximate surface area is 247 Å². The number of benzene rings is 2. The van der Waals surface area contributed by atoms with Gasteiger partial charge in [-0.3, -0.25) is 9.20 Å². The van der Waals surface area contributed by atoms with Gasteiger partial charge in [0.2, 0.25) is 0 Å². The number of halogens is 4. The second-order valence-corrected chi connectivity index (χ2v) is 11.0. The molecule has 0 bridgehead atoms. The van der Waals surface area contributed by atoms with Crippen LogP contribution in [-0.2, 0) is 12.6 Å². The van der Waals surface area contributed by atoms with Crippen molar-refractivity contribution in [2.45, 2.75) is 44.4 Å². The molecule has 1 fully saturated rings. The molecule has 1 saturated heterocycles. The molecule has 2 aromatic carbocycles. The second-order valence-electron chi connectivity index (χ2n) is 11.0. The minimum Gasteiger partial charge on any atom is -0.364 e. The lowest BCUT2D eigenvalue weighted by Gasteiger charge is -2.43. The Kier molecular flexibility index (Phi) is 8.38. The van der Waals surface area contributed by atoms with E-state index in [1.165, 1.54) is 10.5 Å². The number of piperidine rings is 1. The van der Waals surface area contributed by atoms with Crippen LogP contribution in [0.5, 0.6) is 0 Å². The largest absolute Gasteiger partial charge is 0.419 e. The van der Waals surface area contributed by atoms with E-state index in [9.17, 15) is 27.6 Å². The van der Waals surface area contributed by atoms with Crippen LogP contribution >= 0.6 is 0 Å². The predicted octanol–water partition coefficient (Wildman–Crippen LogP) is 6.60. The van der Waals surface area contributed by atoms with Gasteiger partial charge in [-0.2, -0.15) is 18.4 Å². The summed E-state index contributed by atoms with van der Waals surface area (Å²) in [5.41, 5.74) is 1.59. The predicted molar refractivity (Wildman–Crippen MR) is 157 cm³/mol. The topological polar surface area (TPSA) is 64.6 Å². The molecule has 1 aliphatic rings. The minimum absolute atomic E-state index is 0.0222. The molecule has 3 heterocycles. The number of likely N-dealkylation sites (tertiary alicyclic amines) is 1. The highest BCUT2D eigenvalue weighted by molar-refractivity contribution is 5.68. The number of allylic oxidation sites excluding steroid dienone is 1. The Morgan fingerprint density at radius 2 is 1.84 bits per heavy atom. The van der Waals surface area contributed by atoms with E-state index in [2.05, 4.69) is 22.4 Å². The summed E-state index contributed by atoms with van der Waals surface area (Å²) in [6, 6.07) is 16.6. The zero-order valence-electron chi connectivity index (χ0n) is 23.9. The summed E-state index contributed by atoms with van der Waals surface area (Å²) in [6.07, 6.45) is -1.58. The molecule has 43 heavy (non-hydrogen) atoms. The zero-order chi connectivity index (χ0) is 30.9. The molecular weight excluding hydrogens is 558 g/mol. The molecule has 0 saturated carbocycles. The summed E-state index contributed by atoms with van der Waals surface area (Å²) >= 11 is 0. The molecule has 0 N–H and O–H groups in total. The first-order valence-corrected chi connectivity index (χ1v) is 14.0. The monoisotopic (exact) mass is 589 g/mol. The fourth-order valence-corrected chi connectivity index (χ4v) is 5.87. The van der Waals surface area contributed by atoms with E-state index >= 15 is 0 Å². The molecule has 1 unspecified atom stereocenters. The molecule has 10 heteroatoms. The third-order valence-electron chi connectivity index (χ3n) is 8.07. The van der Waals surface area contributed by atoms with Crippen LogP contribution in [-0.4, -0.2) is 45.4 Å². The number of fused-ring (bicyclic) bond motifs is 1. The highest BCUT2D eigenvalue weighted by atomic mass is 19.4. The van der Waals surface area contributed by atoms with Crippen molar-refractivity contribution in [3.05, 3.63) is 118 Å². The highest BCUT2D eigenvalue weighted by Gasteiger charge is 2.35. The lowest BCUT2D eigenvalue weighted by Crippen LogP contribution is -2.45. The summed E-state index contributed by atoms with van der Waals surface area (Å²) in [7, 11) is 2.03. The van der Waals surface area contributed by atoms with Crippen molar-refractivity contribution in [1.82, 2.24) is 19.2 Å². The van der Waals surface area contributed by atoms with Gasteiger partial charge in [-0.25, -0.2) is 9.37 Å². The maximum atomic E-state index is 14.0. The summed E-state index contributed by atoms with van der Waals surface area (Å²) in [6.45, 7) is 7.85. The fraction of sp³-hybridized carbons (Fsp3) is 0.303. The molecule has 222 valence electrons. The van der Waals surface area contributed by atoms with Gasteiger partial charge < -0.3 is 9.80 Å². The number of alkyl halides is 3.